The van der Waals surface area contributed by atoms with Gasteiger partial charge in [0.05, 0.1) is 11.0 Å². The number of nitrogens with zero attached hydrogens (tertiary/aromatic N) is 1. The molecule has 0 aliphatic rings. The molecular formula is C11H17N3O5S. The largest absolute Gasteiger partial charge is 0.388 e. The summed E-state index contributed by atoms with van der Waals surface area (Å²) in [7, 11) is -0.929. The molecule has 0 spiro atoms. The fourth-order valence-electron chi connectivity index (χ4n) is 1.43. The average molecular weight is 303 g/mol. The molecule has 112 valence electrons. The van der Waals surface area contributed by atoms with Crippen LogP contribution in [0.15, 0.2) is 23.1 Å². The minimum atomic E-state index is -3.97. The van der Waals surface area contributed by atoms with Gasteiger partial charge in [0.25, 0.3) is 5.69 Å². The Morgan fingerprint density at radius 2 is 2.10 bits per heavy atom. The lowest BCUT2D eigenvalue weighted by Crippen LogP contribution is -2.32. The fraction of sp³-hybridized carbons (Fsp3) is 0.455. The van der Waals surface area contributed by atoms with E-state index in [1.165, 1.54) is 25.3 Å². The molecule has 0 heterocycles. The van der Waals surface area contributed by atoms with Crippen molar-refractivity contribution >= 4 is 21.4 Å². The number of rotatable bonds is 7. The van der Waals surface area contributed by atoms with E-state index in [1.807, 2.05) is 0 Å². The molecule has 0 bridgehead atoms. The van der Waals surface area contributed by atoms with Crippen molar-refractivity contribution in [2.45, 2.75) is 17.9 Å². The third-order valence-corrected chi connectivity index (χ3v) is 4.17. The molecule has 0 saturated carbocycles. The molecule has 0 aromatic heterocycles. The van der Waals surface area contributed by atoms with Gasteiger partial charge < -0.3 is 10.1 Å². The van der Waals surface area contributed by atoms with Gasteiger partial charge in [0.15, 0.2) is 4.90 Å². The van der Waals surface area contributed by atoms with E-state index in [4.69, 9.17) is 4.74 Å². The molecular weight excluding hydrogens is 286 g/mol. The Kier molecular flexibility index (Phi) is 5.43. The Morgan fingerprint density at radius 1 is 1.45 bits per heavy atom. The number of anilines is 1. The third kappa shape index (κ3) is 3.89. The number of nitro benzene ring substituents is 1. The summed E-state index contributed by atoms with van der Waals surface area (Å²) in [5, 5.41) is 13.7. The Bertz CT molecular complexity index is 588. The first-order valence-corrected chi connectivity index (χ1v) is 7.28. The molecule has 0 aliphatic heterocycles. The predicted octanol–water partition coefficient (Wildman–Crippen LogP) is 0.950. The van der Waals surface area contributed by atoms with E-state index < -0.39 is 20.6 Å². The molecule has 0 fully saturated rings. The Balaban J connectivity index is 3.14. The summed E-state index contributed by atoms with van der Waals surface area (Å²) in [5.74, 6) is 0. The maximum absolute atomic E-state index is 12.1. The highest BCUT2D eigenvalue weighted by atomic mass is 32.2. The molecule has 1 unspecified atom stereocenters. The Labute approximate surface area is 117 Å². The highest BCUT2D eigenvalue weighted by molar-refractivity contribution is 7.89. The average Bonchev–Trinajstić information content (AvgIpc) is 2.43. The van der Waals surface area contributed by atoms with Gasteiger partial charge in [0.1, 0.15) is 0 Å². The molecule has 20 heavy (non-hydrogen) atoms. The number of methoxy groups -OCH3 is 1. The van der Waals surface area contributed by atoms with E-state index in [-0.39, 0.29) is 17.5 Å². The van der Waals surface area contributed by atoms with Crippen molar-refractivity contribution in [3.05, 3.63) is 28.3 Å². The maximum atomic E-state index is 12.1. The van der Waals surface area contributed by atoms with Crippen LogP contribution in [0.4, 0.5) is 11.4 Å². The number of hydrogen-bond donors (Lipinski definition) is 2. The van der Waals surface area contributed by atoms with Gasteiger partial charge in [-0.1, -0.05) is 0 Å². The van der Waals surface area contributed by atoms with E-state index >= 15 is 0 Å². The second-order valence-corrected chi connectivity index (χ2v) is 5.82. The van der Waals surface area contributed by atoms with Crippen molar-refractivity contribution in [1.82, 2.24) is 4.72 Å². The van der Waals surface area contributed by atoms with Gasteiger partial charge in [-0.05, 0) is 19.1 Å². The van der Waals surface area contributed by atoms with Crippen molar-refractivity contribution in [2.24, 2.45) is 0 Å². The van der Waals surface area contributed by atoms with E-state index in [0.29, 0.717) is 5.69 Å². The summed E-state index contributed by atoms with van der Waals surface area (Å²) >= 11 is 0. The maximum Gasteiger partial charge on any atom is 0.291 e. The molecule has 0 aliphatic carbocycles. The molecule has 0 radical (unpaired) electrons. The summed E-state index contributed by atoms with van der Waals surface area (Å²) < 4.78 is 31.4. The molecule has 1 aromatic rings. The van der Waals surface area contributed by atoms with Crippen LogP contribution in [0.1, 0.15) is 6.92 Å². The van der Waals surface area contributed by atoms with Crippen molar-refractivity contribution in [3.8, 4) is 0 Å². The van der Waals surface area contributed by atoms with Gasteiger partial charge in [-0.2, -0.15) is 0 Å². The minimum absolute atomic E-state index is 0.0315. The standard InChI is InChI=1S/C11H17N3O5S/c1-8(19-3)7-13-20(17,18)11-5-4-9(12-2)6-10(11)14(15)16/h4-6,8,12-13H,7H2,1-3H3. The van der Waals surface area contributed by atoms with Crippen LogP contribution < -0.4 is 10.0 Å². The summed E-state index contributed by atoms with van der Waals surface area (Å²) in [5.41, 5.74) is -0.0182. The predicted molar refractivity (Wildman–Crippen MR) is 74.3 cm³/mol. The van der Waals surface area contributed by atoms with Crippen molar-refractivity contribution in [1.29, 1.82) is 0 Å². The van der Waals surface area contributed by atoms with Crippen LogP contribution in [0.2, 0.25) is 0 Å². The van der Waals surface area contributed by atoms with Crippen LogP contribution in [0.25, 0.3) is 0 Å². The van der Waals surface area contributed by atoms with Gasteiger partial charge in [-0.25, -0.2) is 13.1 Å². The lowest BCUT2D eigenvalue weighted by atomic mass is 10.3. The number of nitrogens with one attached hydrogen (secondary N) is 2. The van der Waals surface area contributed by atoms with Gasteiger partial charge in [-0.3, -0.25) is 10.1 Å². The van der Waals surface area contributed by atoms with Crippen molar-refractivity contribution in [3.63, 3.8) is 0 Å². The summed E-state index contributed by atoms with van der Waals surface area (Å²) in [6.07, 6.45) is -0.333. The Morgan fingerprint density at radius 3 is 2.60 bits per heavy atom. The molecule has 1 rings (SSSR count). The monoisotopic (exact) mass is 303 g/mol. The second kappa shape index (κ2) is 6.64. The Hall–Kier alpha value is -1.71. The van der Waals surface area contributed by atoms with Crippen molar-refractivity contribution < 1.29 is 18.1 Å². The lowest BCUT2D eigenvalue weighted by Gasteiger charge is -2.12. The van der Waals surface area contributed by atoms with Gasteiger partial charge in [-0.15, -0.1) is 0 Å². The molecule has 0 amide bonds. The fourth-order valence-corrected chi connectivity index (χ4v) is 2.70. The molecule has 1 aromatic carbocycles. The second-order valence-electron chi connectivity index (χ2n) is 4.09. The van der Waals surface area contributed by atoms with Gasteiger partial charge >= 0.3 is 0 Å². The highest BCUT2D eigenvalue weighted by Gasteiger charge is 2.26. The first-order chi connectivity index (χ1) is 9.31. The number of hydrogen-bond acceptors (Lipinski definition) is 6. The first-order valence-electron chi connectivity index (χ1n) is 5.80. The molecule has 0 saturated heterocycles. The summed E-state index contributed by atoms with van der Waals surface area (Å²) in [6, 6.07) is 3.83. The zero-order valence-corrected chi connectivity index (χ0v) is 12.2. The normalized spacial score (nSPS) is 12.9. The molecule has 2 N–H and O–H groups in total. The number of benzene rings is 1. The zero-order valence-electron chi connectivity index (χ0n) is 11.4. The highest BCUT2D eigenvalue weighted by Crippen LogP contribution is 2.26. The van der Waals surface area contributed by atoms with Crippen LogP contribution in [0.5, 0.6) is 0 Å². The van der Waals surface area contributed by atoms with E-state index in [2.05, 4.69) is 10.0 Å². The lowest BCUT2D eigenvalue weighted by molar-refractivity contribution is -0.387. The molecule has 1 atom stereocenters. The van der Waals surface area contributed by atoms with E-state index in [0.717, 1.165) is 0 Å². The van der Waals surface area contributed by atoms with Gasteiger partial charge in [0.2, 0.25) is 10.0 Å². The molecule has 8 nitrogen and oxygen atoms in total. The van der Waals surface area contributed by atoms with Crippen LogP contribution in [0.3, 0.4) is 0 Å². The van der Waals surface area contributed by atoms with E-state index in [9.17, 15) is 18.5 Å². The van der Waals surface area contributed by atoms with Crippen LogP contribution >= 0.6 is 0 Å². The SMILES string of the molecule is CNc1ccc(S(=O)(=O)NCC(C)OC)c([N+](=O)[O-])c1. The first kappa shape index (κ1) is 16.3. The van der Waals surface area contributed by atoms with E-state index in [1.54, 1.807) is 14.0 Å². The van der Waals surface area contributed by atoms with Crippen LogP contribution in [-0.2, 0) is 14.8 Å². The van der Waals surface area contributed by atoms with Crippen LogP contribution in [-0.4, -0.2) is 40.1 Å². The summed E-state index contributed by atoms with van der Waals surface area (Å²) in [4.78, 5) is 9.89. The number of sulfonamides is 1. The third-order valence-electron chi connectivity index (χ3n) is 2.70. The molecule has 9 heteroatoms. The van der Waals surface area contributed by atoms with Gasteiger partial charge in [0, 0.05) is 32.5 Å². The number of ether oxygens (including phenoxy) is 1. The summed E-state index contributed by atoms with van der Waals surface area (Å²) in [6.45, 7) is 1.71. The topological polar surface area (TPSA) is 111 Å². The quantitative estimate of drug-likeness (QED) is 0.573. The minimum Gasteiger partial charge on any atom is -0.388 e. The zero-order chi connectivity index (χ0) is 15.3. The van der Waals surface area contributed by atoms with Crippen LogP contribution in [0, 0.1) is 10.1 Å². The smallest absolute Gasteiger partial charge is 0.291 e. The number of nitro groups is 1. The van der Waals surface area contributed by atoms with Crippen molar-refractivity contribution in [2.75, 3.05) is 26.0 Å².